The molecule has 1 heterocycles. The second-order valence-corrected chi connectivity index (χ2v) is 5.62. The summed E-state index contributed by atoms with van der Waals surface area (Å²) in [6.45, 7) is 3.88. The SMILES string of the molecule is CC1(CCNC(=O)c2cccc(Br)c2)OCCCO1. The van der Waals surface area contributed by atoms with E-state index in [1.807, 2.05) is 19.1 Å². The van der Waals surface area contributed by atoms with E-state index in [0.717, 1.165) is 24.1 Å². The minimum atomic E-state index is -0.567. The van der Waals surface area contributed by atoms with Gasteiger partial charge >= 0.3 is 0 Å². The highest BCUT2D eigenvalue weighted by molar-refractivity contribution is 9.10. The van der Waals surface area contributed by atoms with Gasteiger partial charge in [-0.3, -0.25) is 4.79 Å². The predicted octanol–water partition coefficient (Wildman–Crippen LogP) is 2.72. The van der Waals surface area contributed by atoms with Gasteiger partial charge in [0.15, 0.2) is 5.79 Å². The number of rotatable bonds is 4. The largest absolute Gasteiger partial charge is 0.352 e. The number of hydrogen-bond donors (Lipinski definition) is 1. The minimum absolute atomic E-state index is 0.0827. The maximum atomic E-state index is 11.9. The summed E-state index contributed by atoms with van der Waals surface area (Å²) >= 11 is 3.35. The van der Waals surface area contributed by atoms with E-state index in [2.05, 4.69) is 21.2 Å². The van der Waals surface area contributed by atoms with E-state index in [1.54, 1.807) is 12.1 Å². The average molecular weight is 328 g/mol. The molecule has 0 spiro atoms. The van der Waals surface area contributed by atoms with E-state index in [-0.39, 0.29) is 5.91 Å². The quantitative estimate of drug-likeness (QED) is 0.924. The second-order valence-electron chi connectivity index (χ2n) is 4.70. The lowest BCUT2D eigenvalue weighted by molar-refractivity contribution is -0.257. The van der Waals surface area contributed by atoms with Crippen molar-refractivity contribution in [3.63, 3.8) is 0 Å². The van der Waals surface area contributed by atoms with E-state index in [9.17, 15) is 4.79 Å². The summed E-state index contributed by atoms with van der Waals surface area (Å²) in [5.74, 6) is -0.649. The summed E-state index contributed by atoms with van der Waals surface area (Å²) in [7, 11) is 0. The van der Waals surface area contributed by atoms with Crippen molar-refractivity contribution < 1.29 is 14.3 Å². The Labute approximate surface area is 121 Å². The minimum Gasteiger partial charge on any atom is -0.352 e. The van der Waals surface area contributed by atoms with Crippen molar-refractivity contribution in [3.05, 3.63) is 34.3 Å². The molecule has 1 N–H and O–H groups in total. The zero-order valence-corrected chi connectivity index (χ0v) is 12.5. The lowest BCUT2D eigenvalue weighted by atomic mass is 10.2. The molecule has 0 aliphatic carbocycles. The molecule has 5 heteroatoms. The molecule has 2 rings (SSSR count). The molecular formula is C14H18BrNO3. The van der Waals surface area contributed by atoms with Gasteiger partial charge in [0.1, 0.15) is 0 Å². The number of ether oxygens (including phenoxy) is 2. The van der Waals surface area contributed by atoms with E-state index >= 15 is 0 Å². The molecule has 1 amide bonds. The van der Waals surface area contributed by atoms with Crippen LogP contribution in [0.4, 0.5) is 0 Å². The van der Waals surface area contributed by atoms with Crippen molar-refractivity contribution in [2.75, 3.05) is 19.8 Å². The van der Waals surface area contributed by atoms with Gasteiger partial charge in [-0.05, 0) is 31.5 Å². The second kappa shape index (κ2) is 6.50. The molecule has 1 fully saturated rings. The molecule has 0 bridgehead atoms. The smallest absolute Gasteiger partial charge is 0.251 e. The number of halogens is 1. The summed E-state index contributed by atoms with van der Waals surface area (Å²) in [5, 5.41) is 2.88. The molecule has 0 saturated carbocycles. The number of benzene rings is 1. The number of carbonyl (C=O) groups excluding carboxylic acids is 1. The van der Waals surface area contributed by atoms with Crippen LogP contribution in [0.5, 0.6) is 0 Å². The average Bonchev–Trinajstić information content (AvgIpc) is 2.39. The van der Waals surface area contributed by atoms with Gasteiger partial charge in [0.05, 0.1) is 13.2 Å². The van der Waals surface area contributed by atoms with Crippen LogP contribution < -0.4 is 5.32 Å². The van der Waals surface area contributed by atoms with Gasteiger partial charge in [-0.1, -0.05) is 22.0 Å². The number of hydrogen-bond acceptors (Lipinski definition) is 3. The zero-order chi connectivity index (χ0) is 13.7. The van der Waals surface area contributed by atoms with Crippen LogP contribution in [0.15, 0.2) is 28.7 Å². The third-order valence-corrected chi connectivity index (χ3v) is 3.55. The molecule has 1 aromatic rings. The summed E-state index contributed by atoms with van der Waals surface area (Å²) in [6, 6.07) is 7.31. The first-order valence-corrected chi connectivity index (χ1v) is 7.20. The van der Waals surface area contributed by atoms with E-state index in [0.29, 0.717) is 18.5 Å². The molecule has 0 radical (unpaired) electrons. The van der Waals surface area contributed by atoms with Crippen molar-refractivity contribution in [2.24, 2.45) is 0 Å². The third-order valence-electron chi connectivity index (χ3n) is 3.05. The highest BCUT2D eigenvalue weighted by Crippen LogP contribution is 2.21. The standard InChI is InChI=1S/C14H18BrNO3/c1-14(18-8-3-9-19-14)6-7-16-13(17)11-4-2-5-12(15)10-11/h2,4-5,10H,3,6-9H2,1H3,(H,16,17). The van der Waals surface area contributed by atoms with Gasteiger partial charge in [-0.25, -0.2) is 0 Å². The van der Waals surface area contributed by atoms with Crippen molar-refractivity contribution in [3.8, 4) is 0 Å². The van der Waals surface area contributed by atoms with Crippen LogP contribution in [0, 0.1) is 0 Å². The Morgan fingerprint density at radius 2 is 2.16 bits per heavy atom. The van der Waals surface area contributed by atoms with Crippen LogP contribution in [0.3, 0.4) is 0 Å². The number of amides is 1. The third kappa shape index (κ3) is 4.30. The molecule has 104 valence electrons. The fraction of sp³-hybridized carbons (Fsp3) is 0.500. The zero-order valence-electron chi connectivity index (χ0n) is 10.9. The van der Waals surface area contributed by atoms with Crippen molar-refractivity contribution in [1.29, 1.82) is 0 Å². The van der Waals surface area contributed by atoms with E-state index in [4.69, 9.17) is 9.47 Å². The summed E-state index contributed by atoms with van der Waals surface area (Å²) in [4.78, 5) is 11.9. The Morgan fingerprint density at radius 1 is 1.42 bits per heavy atom. The summed E-state index contributed by atoms with van der Waals surface area (Å²) in [6.07, 6.45) is 1.58. The molecule has 0 atom stereocenters. The molecule has 1 saturated heterocycles. The fourth-order valence-corrected chi connectivity index (χ4v) is 2.36. The molecule has 19 heavy (non-hydrogen) atoms. The van der Waals surface area contributed by atoms with Crippen LogP contribution in [0.2, 0.25) is 0 Å². The first-order valence-electron chi connectivity index (χ1n) is 6.41. The van der Waals surface area contributed by atoms with Crippen molar-refractivity contribution >= 4 is 21.8 Å². The normalized spacial score (nSPS) is 18.0. The Morgan fingerprint density at radius 3 is 2.84 bits per heavy atom. The molecule has 1 aliphatic rings. The maximum Gasteiger partial charge on any atom is 0.251 e. The molecule has 1 aliphatic heterocycles. The maximum absolute atomic E-state index is 11.9. The molecule has 4 nitrogen and oxygen atoms in total. The van der Waals surface area contributed by atoms with Crippen LogP contribution >= 0.6 is 15.9 Å². The van der Waals surface area contributed by atoms with Gasteiger partial charge in [0, 0.05) is 23.0 Å². The van der Waals surface area contributed by atoms with Gasteiger partial charge in [0.25, 0.3) is 5.91 Å². The monoisotopic (exact) mass is 327 g/mol. The highest BCUT2D eigenvalue weighted by atomic mass is 79.9. The fourth-order valence-electron chi connectivity index (χ4n) is 1.96. The van der Waals surface area contributed by atoms with Crippen LogP contribution in [-0.4, -0.2) is 31.5 Å². The molecular weight excluding hydrogens is 310 g/mol. The van der Waals surface area contributed by atoms with E-state index in [1.165, 1.54) is 0 Å². The lowest BCUT2D eigenvalue weighted by Crippen LogP contribution is -2.40. The van der Waals surface area contributed by atoms with Gasteiger partial charge in [0.2, 0.25) is 0 Å². The van der Waals surface area contributed by atoms with Crippen LogP contribution in [-0.2, 0) is 9.47 Å². The Kier molecular flexibility index (Phi) is 4.96. The topological polar surface area (TPSA) is 47.6 Å². The predicted molar refractivity (Wildman–Crippen MR) is 76.0 cm³/mol. The summed E-state index contributed by atoms with van der Waals surface area (Å²) < 4.78 is 12.1. The summed E-state index contributed by atoms with van der Waals surface area (Å²) in [5.41, 5.74) is 0.644. The lowest BCUT2D eigenvalue weighted by Gasteiger charge is -2.33. The first kappa shape index (κ1) is 14.5. The Balaban J connectivity index is 1.80. The Hall–Kier alpha value is -0.910. The molecule has 0 aromatic heterocycles. The van der Waals surface area contributed by atoms with Crippen LogP contribution in [0.25, 0.3) is 0 Å². The van der Waals surface area contributed by atoms with Crippen molar-refractivity contribution in [2.45, 2.75) is 25.6 Å². The Bertz CT molecular complexity index is 444. The van der Waals surface area contributed by atoms with Crippen LogP contribution in [0.1, 0.15) is 30.1 Å². The molecule has 1 aromatic carbocycles. The highest BCUT2D eigenvalue weighted by Gasteiger charge is 2.28. The number of nitrogens with one attached hydrogen (secondary N) is 1. The van der Waals surface area contributed by atoms with Crippen molar-refractivity contribution in [1.82, 2.24) is 5.32 Å². The van der Waals surface area contributed by atoms with Gasteiger partial charge < -0.3 is 14.8 Å². The molecule has 0 unspecified atom stereocenters. The number of carbonyl (C=O) groups is 1. The van der Waals surface area contributed by atoms with E-state index < -0.39 is 5.79 Å². The van der Waals surface area contributed by atoms with Gasteiger partial charge in [-0.2, -0.15) is 0 Å². The first-order chi connectivity index (χ1) is 9.09. The van der Waals surface area contributed by atoms with Gasteiger partial charge in [-0.15, -0.1) is 0 Å².